The van der Waals surface area contributed by atoms with Gasteiger partial charge in [-0.1, -0.05) is 0 Å². The lowest BCUT2D eigenvalue weighted by Gasteiger charge is -2.31. The van der Waals surface area contributed by atoms with E-state index in [0.29, 0.717) is 21.5 Å². The van der Waals surface area contributed by atoms with Gasteiger partial charge in [0.05, 0.1) is 6.10 Å². The second-order valence-electron chi connectivity index (χ2n) is 3.50. The second-order valence-corrected chi connectivity index (χ2v) is 7.18. The average Bonchev–Trinajstić information content (AvgIpc) is 2.48. The maximum absolute atomic E-state index is 11.8. The third-order valence-corrected chi connectivity index (χ3v) is 6.45. The minimum atomic E-state index is -3.42. The van der Waals surface area contributed by atoms with Crippen molar-refractivity contribution in [3.63, 3.8) is 0 Å². The molecule has 1 saturated carbocycles. The zero-order chi connectivity index (χ0) is 11.1. The predicted molar refractivity (Wildman–Crippen MR) is 61.4 cm³/mol. The van der Waals surface area contributed by atoms with Crippen LogP contribution in [0.15, 0.2) is 20.1 Å². The molecule has 0 saturated heterocycles. The average molecular weight is 312 g/mol. The van der Waals surface area contributed by atoms with E-state index in [9.17, 15) is 8.42 Å². The molecule has 0 bridgehead atoms. The molecule has 0 amide bonds. The molecule has 1 heterocycles. The lowest BCUT2D eigenvalue weighted by molar-refractivity contribution is 0.0712. The van der Waals surface area contributed by atoms with Crippen molar-refractivity contribution >= 4 is 37.3 Å². The fraction of sp³-hybridized carbons (Fsp3) is 0.500. The molecule has 0 atom stereocenters. The zero-order valence-electron chi connectivity index (χ0n) is 7.68. The number of aliphatic hydroxyl groups is 1. The van der Waals surface area contributed by atoms with Crippen LogP contribution in [-0.4, -0.2) is 25.7 Å². The van der Waals surface area contributed by atoms with Gasteiger partial charge in [-0.25, -0.2) is 13.1 Å². The fourth-order valence-corrected chi connectivity index (χ4v) is 5.04. The summed E-state index contributed by atoms with van der Waals surface area (Å²) >= 11 is 4.36. The lowest BCUT2D eigenvalue weighted by atomic mass is 9.91. The molecule has 1 fully saturated rings. The number of halogens is 1. The third-order valence-electron chi connectivity index (χ3n) is 2.26. The molecule has 0 aliphatic heterocycles. The summed E-state index contributed by atoms with van der Waals surface area (Å²) in [6.45, 7) is 0. The van der Waals surface area contributed by atoms with Crippen molar-refractivity contribution < 1.29 is 13.5 Å². The molecule has 4 nitrogen and oxygen atoms in total. The van der Waals surface area contributed by atoms with Gasteiger partial charge in [-0.05, 0) is 40.2 Å². The molecule has 1 aromatic heterocycles. The number of rotatable bonds is 3. The summed E-state index contributed by atoms with van der Waals surface area (Å²) in [5, 5.41) is 10.8. The molecule has 1 aliphatic rings. The Labute approximate surface area is 100 Å². The van der Waals surface area contributed by atoms with E-state index in [2.05, 4.69) is 20.7 Å². The molecule has 1 aromatic rings. The predicted octanol–water partition coefficient (Wildman–Crippen LogP) is 1.31. The highest BCUT2D eigenvalue weighted by Crippen LogP contribution is 2.29. The Kier molecular flexibility index (Phi) is 3.18. The highest BCUT2D eigenvalue weighted by molar-refractivity contribution is 9.10. The Morgan fingerprint density at radius 3 is 2.67 bits per heavy atom. The first kappa shape index (κ1) is 11.5. The van der Waals surface area contributed by atoms with Crippen molar-refractivity contribution in [3.05, 3.63) is 15.9 Å². The van der Waals surface area contributed by atoms with Crippen LogP contribution in [0.3, 0.4) is 0 Å². The van der Waals surface area contributed by atoms with Crippen LogP contribution < -0.4 is 4.72 Å². The first-order valence-corrected chi connectivity index (χ1v) is 7.58. The van der Waals surface area contributed by atoms with Gasteiger partial charge in [0.2, 0.25) is 0 Å². The van der Waals surface area contributed by atoms with E-state index in [-0.39, 0.29) is 12.1 Å². The molecule has 0 aromatic carbocycles. The number of thiophene rings is 1. The topological polar surface area (TPSA) is 66.4 Å². The summed E-state index contributed by atoms with van der Waals surface area (Å²) in [7, 11) is -3.42. The van der Waals surface area contributed by atoms with Crippen molar-refractivity contribution in [3.8, 4) is 0 Å². The van der Waals surface area contributed by atoms with Crippen LogP contribution in [0.1, 0.15) is 12.8 Å². The number of sulfonamides is 1. The van der Waals surface area contributed by atoms with E-state index < -0.39 is 10.0 Å². The van der Waals surface area contributed by atoms with E-state index in [1.54, 1.807) is 11.4 Å². The number of aliphatic hydroxyl groups excluding tert-OH is 1. The monoisotopic (exact) mass is 311 g/mol. The second kappa shape index (κ2) is 4.14. The van der Waals surface area contributed by atoms with Gasteiger partial charge >= 0.3 is 0 Å². The standard InChI is InChI=1S/C8H10BrNO3S2/c9-7-1-2-14-8(7)15(12,13)10-5-3-6(11)4-5/h1-2,5-6,10-11H,3-4H2. The van der Waals surface area contributed by atoms with Crippen molar-refractivity contribution in [2.75, 3.05) is 0 Å². The normalized spacial score (nSPS) is 26.3. The fourth-order valence-electron chi connectivity index (χ4n) is 1.43. The van der Waals surface area contributed by atoms with Crippen molar-refractivity contribution in [2.45, 2.75) is 29.2 Å². The summed E-state index contributed by atoms with van der Waals surface area (Å²) < 4.78 is 27.1. The smallest absolute Gasteiger partial charge is 0.251 e. The van der Waals surface area contributed by atoms with Crippen LogP contribution in [0.25, 0.3) is 0 Å². The maximum Gasteiger partial charge on any atom is 0.251 e. The van der Waals surface area contributed by atoms with Gasteiger partial charge in [-0.15, -0.1) is 11.3 Å². The largest absolute Gasteiger partial charge is 0.393 e. The molecule has 7 heteroatoms. The molecule has 0 spiro atoms. The molecule has 0 radical (unpaired) electrons. The van der Waals surface area contributed by atoms with Crippen molar-refractivity contribution in [1.82, 2.24) is 4.72 Å². The Morgan fingerprint density at radius 1 is 1.53 bits per heavy atom. The molecule has 84 valence electrons. The minimum Gasteiger partial charge on any atom is -0.393 e. The maximum atomic E-state index is 11.8. The van der Waals surface area contributed by atoms with E-state index in [1.165, 1.54) is 11.3 Å². The Hall–Kier alpha value is 0.0500. The zero-order valence-corrected chi connectivity index (χ0v) is 10.9. The Morgan fingerprint density at radius 2 is 2.20 bits per heavy atom. The highest BCUT2D eigenvalue weighted by Gasteiger charge is 2.32. The third kappa shape index (κ3) is 2.42. The number of hydrogen-bond acceptors (Lipinski definition) is 4. The molecule has 2 N–H and O–H groups in total. The van der Waals surface area contributed by atoms with Crippen LogP contribution in [0.2, 0.25) is 0 Å². The van der Waals surface area contributed by atoms with Gasteiger partial charge in [-0.2, -0.15) is 0 Å². The van der Waals surface area contributed by atoms with Crippen LogP contribution in [0, 0.1) is 0 Å². The van der Waals surface area contributed by atoms with Gasteiger partial charge in [0.25, 0.3) is 10.0 Å². The van der Waals surface area contributed by atoms with Gasteiger partial charge in [0.1, 0.15) is 4.21 Å². The van der Waals surface area contributed by atoms with Gasteiger partial charge in [0, 0.05) is 10.5 Å². The van der Waals surface area contributed by atoms with Crippen LogP contribution in [0.5, 0.6) is 0 Å². The number of hydrogen-bond donors (Lipinski definition) is 2. The van der Waals surface area contributed by atoms with Crippen LogP contribution in [0.4, 0.5) is 0 Å². The van der Waals surface area contributed by atoms with Gasteiger partial charge in [-0.3, -0.25) is 0 Å². The molecule has 2 rings (SSSR count). The highest BCUT2D eigenvalue weighted by atomic mass is 79.9. The van der Waals surface area contributed by atoms with Crippen molar-refractivity contribution in [1.29, 1.82) is 0 Å². The first-order valence-electron chi connectivity index (χ1n) is 4.42. The number of nitrogens with one attached hydrogen (secondary N) is 1. The molecule has 1 aliphatic carbocycles. The SMILES string of the molecule is O=S(=O)(NC1CC(O)C1)c1sccc1Br. The van der Waals surface area contributed by atoms with Crippen LogP contribution in [-0.2, 0) is 10.0 Å². The van der Waals surface area contributed by atoms with Gasteiger partial charge in [0.15, 0.2) is 0 Å². The molecule has 15 heavy (non-hydrogen) atoms. The summed E-state index contributed by atoms with van der Waals surface area (Å²) in [4.78, 5) is 0. The Bertz CT molecular complexity index is 450. The lowest BCUT2D eigenvalue weighted by Crippen LogP contribution is -2.46. The summed E-state index contributed by atoms with van der Waals surface area (Å²) in [5.74, 6) is 0. The van der Waals surface area contributed by atoms with E-state index in [1.807, 2.05) is 0 Å². The minimum absolute atomic E-state index is 0.126. The van der Waals surface area contributed by atoms with E-state index in [4.69, 9.17) is 5.11 Å². The quantitative estimate of drug-likeness (QED) is 0.884. The summed E-state index contributed by atoms with van der Waals surface area (Å²) in [5.41, 5.74) is 0. The Balaban J connectivity index is 2.11. The van der Waals surface area contributed by atoms with Crippen LogP contribution >= 0.6 is 27.3 Å². The molecular weight excluding hydrogens is 302 g/mol. The molecule has 0 unspecified atom stereocenters. The first-order chi connectivity index (χ1) is 6.99. The summed E-state index contributed by atoms with van der Waals surface area (Å²) in [6.07, 6.45) is 0.647. The van der Waals surface area contributed by atoms with Gasteiger partial charge < -0.3 is 5.11 Å². The summed E-state index contributed by atoms with van der Waals surface area (Å²) in [6, 6.07) is 1.58. The van der Waals surface area contributed by atoms with E-state index >= 15 is 0 Å². The van der Waals surface area contributed by atoms with Crippen molar-refractivity contribution in [2.24, 2.45) is 0 Å². The van der Waals surface area contributed by atoms with E-state index in [0.717, 1.165) is 0 Å². The molecular formula is C8H10BrNO3S2.